The molecule has 1 unspecified atom stereocenters. The van der Waals surface area contributed by atoms with Crippen molar-refractivity contribution in [2.45, 2.75) is 19.5 Å². The van der Waals surface area contributed by atoms with Crippen LogP contribution in [0, 0.1) is 0 Å². The van der Waals surface area contributed by atoms with Gasteiger partial charge in [0.1, 0.15) is 4.99 Å². The highest BCUT2D eigenvalue weighted by Gasteiger charge is 2.03. The molecule has 0 radical (unpaired) electrons. The van der Waals surface area contributed by atoms with Gasteiger partial charge >= 0.3 is 0 Å². The molecular formula is C13H16N4S. The van der Waals surface area contributed by atoms with Crippen LogP contribution in [-0.4, -0.2) is 20.8 Å². The van der Waals surface area contributed by atoms with Crippen LogP contribution in [0.2, 0.25) is 0 Å². The van der Waals surface area contributed by atoms with Gasteiger partial charge in [-0.3, -0.25) is 4.68 Å². The number of nitrogens with one attached hydrogen (secondary N) is 1. The Morgan fingerprint density at radius 1 is 1.44 bits per heavy atom. The second-order valence-electron chi connectivity index (χ2n) is 4.22. The summed E-state index contributed by atoms with van der Waals surface area (Å²) < 4.78 is 1.90. The van der Waals surface area contributed by atoms with Crippen LogP contribution in [0.3, 0.4) is 0 Å². The predicted octanol–water partition coefficient (Wildman–Crippen LogP) is 2.02. The summed E-state index contributed by atoms with van der Waals surface area (Å²) in [7, 11) is 0. The molecule has 1 atom stereocenters. The molecule has 1 aromatic carbocycles. The zero-order valence-electron chi connectivity index (χ0n) is 10.2. The Morgan fingerprint density at radius 2 is 2.17 bits per heavy atom. The molecule has 4 nitrogen and oxygen atoms in total. The number of benzene rings is 1. The van der Waals surface area contributed by atoms with Crippen LogP contribution in [0.25, 0.3) is 0 Å². The highest BCUT2D eigenvalue weighted by atomic mass is 32.1. The first-order chi connectivity index (χ1) is 8.65. The van der Waals surface area contributed by atoms with Crippen molar-refractivity contribution < 1.29 is 0 Å². The molecule has 3 N–H and O–H groups in total. The molecule has 1 heterocycles. The summed E-state index contributed by atoms with van der Waals surface area (Å²) in [4.78, 5) is 0.422. The molecule has 2 aromatic rings. The largest absolute Gasteiger partial charge is 0.389 e. The summed E-state index contributed by atoms with van der Waals surface area (Å²) in [5.41, 5.74) is 7.49. The SMILES string of the molecule is CC(Cn1cccn1)Nc1ccc(C(N)=S)cc1. The minimum Gasteiger partial charge on any atom is -0.389 e. The Balaban J connectivity index is 1.94. The summed E-state index contributed by atoms with van der Waals surface area (Å²) in [5.74, 6) is 0. The van der Waals surface area contributed by atoms with Gasteiger partial charge in [0.15, 0.2) is 0 Å². The second-order valence-corrected chi connectivity index (χ2v) is 4.65. The third kappa shape index (κ3) is 3.30. The normalized spacial score (nSPS) is 12.1. The predicted molar refractivity (Wildman–Crippen MR) is 77.6 cm³/mol. The van der Waals surface area contributed by atoms with Gasteiger partial charge in [-0.1, -0.05) is 12.2 Å². The van der Waals surface area contributed by atoms with E-state index in [2.05, 4.69) is 17.3 Å². The summed E-state index contributed by atoms with van der Waals surface area (Å²) in [6.07, 6.45) is 3.73. The van der Waals surface area contributed by atoms with Crippen molar-refractivity contribution in [2.75, 3.05) is 5.32 Å². The first-order valence-corrected chi connectivity index (χ1v) is 6.20. The van der Waals surface area contributed by atoms with Gasteiger partial charge < -0.3 is 11.1 Å². The number of rotatable bonds is 5. The van der Waals surface area contributed by atoms with Gasteiger partial charge in [0, 0.05) is 29.7 Å². The number of nitrogens with zero attached hydrogens (tertiary/aromatic N) is 2. The van der Waals surface area contributed by atoms with E-state index in [1.807, 2.05) is 41.2 Å². The van der Waals surface area contributed by atoms with E-state index < -0.39 is 0 Å². The van der Waals surface area contributed by atoms with Crippen molar-refractivity contribution in [2.24, 2.45) is 5.73 Å². The molecule has 1 aromatic heterocycles. The Bertz CT molecular complexity index is 504. The highest BCUT2D eigenvalue weighted by molar-refractivity contribution is 7.80. The van der Waals surface area contributed by atoms with Crippen LogP contribution in [0.4, 0.5) is 5.69 Å². The molecule has 0 aliphatic carbocycles. The molecule has 18 heavy (non-hydrogen) atoms. The second kappa shape index (κ2) is 5.64. The van der Waals surface area contributed by atoms with Crippen LogP contribution in [0.5, 0.6) is 0 Å². The third-order valence-corrected chi connectivity index (χ3v) is 2.84. The van der Waals surface area contributed by atoms with Crippen molar-refractivity contribution in [3.05, 3.63) is 48.3 Å². The number of thiocarbonyl (C=S) groups is 1. The maximum Gasteiger partial charge on any atom is 0.103 e. The number of hydrogen-bond acceptors (Lipinski definition) is 3. The number of anilines is 1. The Morgan fingerprint density at radius 3 is 2.72 bits per heavy atom. The molecule has 0 fully saturated rings. The lowest BCUT2D eigenvalue weighted by molar-refractivity contribution is 0.561. The molecule has 0 saturated heterocycles. The zero-order valence-corrected chi connectivity index (χ0v) is 11.0. The van der Waals surface area contributed by atoms with Gasteiger partial charge in [-0.05, 0) is 37.3 Å². The van der Waals surface area contributed by atoms with Crippen molar-refractivity contribution >= 4 is 22.9 Å². The highest BCUT2D eigenvalue weighted by Crippen LogP contribution is 2.11. The van der Waals surface area contributed by atoms with Gasteiger partial charge in [0.05, 0.1) is 6.54 Å². The average Bonchev–Trinajstić information content (AvgIpc) is 2.82. The molecule has 0 amide bonds. The topological polar surface area (TPSA) is 55.9 Å². The fourth-order valence-corrected chi connectivity index (χ4v) is 1.89. The molecule has 0 aliphatic rings. The number of nitrogens with two attached hydrogens (primary N) is 1. The van der Waals surface area contributed by atoms with Crippen LogP contribution in [-0.2, 0) is 6.54 Å². The minimum absolute atomic E-state index is 0.292. The van der Waals surface area contributed by atoms with Crippen molar-refractivity contribution in [3.63, 3.8) is 0 Å². The lowest BCUT2D eigenvalue weighted by Crippen LogP contribution is -2.22. The van der Waals surface area contributed by atoms with Gasteiger partial charge in [-0.25, -0.2) is 0 Å². The fraction of sp³-hybridized carbons (Fsp3) is 0.231. The molecule has 0 saturated carbocycles. The molecular weight excluding hydrogens is 244 g/mol. The standard InChI is InChI=1S/C13H16N4S/c1-10(9-17-8-2-7-15-17)16-12-5-3-11(4-6-12)13(14)18/h2-8,10,16H,9H2,1H3,(H2,14,18). The van der Waals surface area contributed by atoms with Crippen molar-refractivity contribution in [1.29, 1.82) is 0 Å². The zero-order chi connectivity index (χ0) is 13.0. The van der Waals surface area contributed by atoms with Crippen LogP contribution < -0.4 is 11.1 Å². The van der Waals surface area contributed by atoms with Crippen molar-refractivity contribution in [1.82, 2.24) is 9.78 Å². The Hall–Kier alpha value is -1.88. The Labute approximate surface area is 112 Å². The number of aromatic nitrogens is 2. The smallest absolute Gasteiger partial charge is 0.103 e. The van der Waals surface area contributed by atoms with Crippen LogP contribution in [0.1, 0.15) is 12.5 Å². The first-order valence-electron chi connectivity index (χ1n) is 5.79. The first kappa shape index (κ1) is 12.6. The average molecular weight is 260 g/mol. The molecule has 0 spiro atoms. The molecule has 94 valence electrons. The van der Waals surface area contributed by atoms with E-state index in [-0.39, 0.29) is 0 Å². The van der Waals surface area contributed by atoms with Gasteiger partial charge in [0.25, 0.3) is 0 Å². The van der Waals surface area contributed by atoms with Gasteiger partial charge in [0.2, 0.25) is 0 Å². The van der Waals surface area contributed by atoms with E-state index in [0.717, 1.165) is 17.8 Å². The van der Waals surface area contributed by atoms with Crippen LogP contribution >= 0.6 is 12.2 Å². The summed E-state index contributed by atoms with van der Waals surface area (Å²) in [5, 5.41) is 7.58. The van der Waals surface area contributed by atoms with Gasteiger partial charge in [-0.15, -0.1) is 0 Å². The summed E-state index contributed by atoms with van der Waals surface area (Å²) in [6.45, 7) is 2.94. The lowest BCUT2D eigenvalue weighted by Gasteiger charge is -2.15. The molecule has 0 bridgehead atoms. The summed E-state index contributed by atoms with van der Waals surface area (Å²) >= 11 is 4.92. The maximum absolute atomic E-state index is 5.55. The van der Waals surface area contributed by atoms with E-state index in [9.17, 15) is 0 Å². The fourth-order valence-electron chi connectivity index (χ4n) is 1.75. The third-order valence-electron chi connectivity index (χ3n) is 2.60. The molecule has 0 aliphatic heterocycles. The Kier molecular flexibility index (Phi) is 3.94. The van der Waals surface area contributed by atoms with Gasteiger partial charge in [-0.2, -0.15) is 5.10 Å². The van der Waals surface area contributed by atoms with E-state index in [4.69, 9.17) is 18.0 Å². The van der Waals surface area contributed by atoms with E-state index in [1.54, 1.807) is 6.20 Å². The maximum atomic E-state index is 5.55. The monoisotopic (exact) mass is 260 g/mol. The molecule has 2 rings (SSSR count). The van der Waals surface area contributed by atoms with E-state index in [1.165, 1.54) is 0 Å². The molecule has 5 heteroatoms. The van der Waals surface area contributed by atoms with E-state index in [0.29, 0.717) is 11.0 Å². The van der Waals surface area contributed by atoms with Crippen molar-refractivity contribution in [3.8, 4) is 0 Å². The number of hydrogen-bond donors (Lipinski definition) is 2. The minimum atomic E-state index is 0.292. The van der Waals surface area contributed by atoms with Crippen LogP contribution in [0.15, 0.2) is 42.7 Å². The lowest BCUT2D eigenvalue weighted by atomic mass is 10.2. The summed E-state index contributed by atoms with van der Waals surface area (Å²) in [6, 6.07) is 10.0. The van der Waals surface area contributed by atoms with E-state index >= 15 is 0 Å². The quantitative estimate of drug-likeness (QED) is 0.808.